The number of rotatable bonds is 2. The summed E-state index contributed by atoms with van der Waals surface area (Å²) < 4.78 is 0. The van der Waals surface area contributed by atoms with Gasteiger partial charge in [-0.3, -0.25) is 19.8 Å². The molecule has 3 amide bonds. The number of hydrogen-bond donors (Lipinski definition) is 1. The lowest BCUT2D eigenvalue weighted by molar-refractivity contribution is -0.143. The number of imide groups is 1. The molecule has 2 aliphatic carbocycles. The molecular formula is C16H13ClN2O3. The van der Waals surface area contributed by atoms with Crippen LogP contribution in [0.25, 0.3) is 0 Å². The number of carbonyl (C=O) groups is 3. The lowest BCUT2D eigenvalue weighted by Gasteiger charge is -2.18. The Bertz CT molecular complexity index is 700. The van der Waals surface area contributed by atoms with E-state index >= 15 is 0 Å². The predicted molar refractivity (Wildman–Crippen MR) is 78.5 cm³/mol. The van der Waals surface area contributed by atoms with E-state index in [-0.39, 0.29) is 35.5 Å². The van der Waals surface area contributed by atoms with Crippen LogP contribution in [0.2, 0.25) is 5.02 Å². The Morgan fingerprint density at radius 2 is 1.77 bits per heavy atom. The summed E-state index contributed by atoms with van der Waals surface area (Å²) in [6.07, 6.45) is 4.89. The van der Waals surface area contributed by atoms with Crippen LogP contribution in [-0.2, 0) is 9.59 Å². The van der Waals surface area contributed by atoms with E-state index in [0.717, 1.165) is 11.4 Å². The van der Waals surface area contributed by atoms with Gasteiger partial charge in [0, 0.05) is 10.6 Å². The van der Waals surface area contributed by atoms with Gasteiger partial charge in [-0.1, -0.05) is 29.8 Å². The first kappa shape index (κ1) is 13.5. The second-order valence-corrected chi connectivity index (χ2v) is 6.40. The first-order chi connectivity index (χ1) is 10.6. The summed E-state index contributed by atoms with van der Waals surface area (Å²) in [5.41, 5.74) is 2.74. The molecule has 5 nitrogen and oxygen atoms in total. The monoisotopic (exact) mass is 316 g/mol. The first-order valence-electron chi connectivity index (χ1n) is 7.19. The largest absolute Gasteiger partial charge is 0.272 e. The Labute approximate surface area is 131 Å². The molecule has 2 bridgehead atoms. The number of halogens is 1. The molecule has 1 aromatic rings. The molecule has 0 aromatic heterocycles. The fourth-order valence-electron chi connectivity index (χ4n) is 3.81. The lowest BCUT2D eigenvalue weighted by Crippen LogP contribution is -2.47. The number of hydrogen-bond acceptors (Lipinski definition) is 3. The maximum Gasteiger partial charge on any atom is 0.270 e. The van der Waals surface area contributed by atoms with Gasteiger partial charge in [0.2, 0.25) is 0 Å². The fraction of sp³-hybridized carbons (Fsp3) is 0.312. The fourth-order valence-corrected chi connectivity index (χ4v) is 4.00. The minimum absolute atomic E-state index is 0.125. The number of nitrogens with one attached hydrogen (secondary N) is 1. The van der Waals surface area contributed by atoms with E-state index in [1.165, 1.54) is 6.07 Å². The van der Waals surface area contributed by atoms with Crippen molar-refractivity contribution in [3.63, 3.8) is 0 Å². The zero-order chi connectivity index (χ0) is 15.4. The Kier molecular flexibility index (Phi) is 2.87. The predicted octanol–water partition coefficient (Wildman–Crippen LogP) is 1.79. The first-order valence-corrected chi connectivity index (χ1v) is 7.57. The van der Waals surface area contributed by atoms with Crippen molar-refractivity contribution in [2.45, 2.75) is 6.42 Å². The second kappa shape index (κ2) is 4.68. The van der Waals surface area contributed by atoms with E-state index in [1.807, 2.05) is 12.2 Å². The van der Waals surface area contributed by atoms with E-state index in [0.29, 0.717) is 10.6 Å². The molecular weight excluding hydrogens is 304 g/mol. The Morgan fingerprint density at radius 1 is 1.14 bits per heavy atom. The molecule has 1 saturated carbocycles. The summed E-state index contributed by atoms with van der Waals surface area (Å²) in [6, 6.07) is 6.37. The van der Waals surface area contributed by atoms with Gasteiger partial charge in [-0.15, -0.1) is 0 Å². The highest BCUT2D eigenvalue weighted by Crippen LogP contribution is 2.52. The van der Waals surface area contributed by atoms with Gasteiger partial charge < -0.3 is 0 Å². The maximum atomic E-state index is 12.5. The minimum atomic E-state index is -0.510. The number of benzene rings is 1. The Hall–Kier alpha value is -2.14. The molecule has 112 valence electrons. The Morgan fingerprint density at radius 3 is 2.36 bits per heavy atom. The second-order valence-electron chi connectivity index (χ2n) is 5.96. The summed E-state index contributed by atoms with van der Waals surface area (Å²) in [6.45, 7) is 0. The number of allylic oxidation sites excluding steroid dienone is 2. The van der Waals surface area contributed by atoms with E-state index in [2.05, 4.69) is 5.43 Å². The highest BCUT2D eigenvalue weighted by Gasteiger charge is 2.59. The highest BCUT2D eigenvalue weighted by atomic mass is 35.5. The molecule has 1 aliphatic heterocycles. The zero-order valence-electron chi connectivity index (χ0n) is 11.5. The van der Waals surface area contributed by atoms with Gasteiger partial charge in [-0.05, 0) is 36.5 Å². The van der Waals surface area contributed by atoms with Gasteiger partial charge in [0.25, 0.3) is 17.7 Å². The van der Waals surface area contributed by atoms with Crippen LogP contribution in [0.15, 0.2) is 36.4 Å². The minimum Gasteiger partial charge on any atom is -0.272 e. The van der Waals surface area contributed by atoms with E-state index in [1.54, 1.807) is 18.2 Å². The number of amides is 3. The quantitative estimate of drug-likeness (QED) is 0.668. The van der Waals surface area contributed by atoms with Crippen LogP contribution in [0.3, 0.4) is 0 Å². The zero-order valence-corrected chi connectivity index (χ0v) is 12.3. The van der Waals surface area contributed by atoms with Crippen molar-refractivity contribution < 1.29 is 14.4 Å². The molecule has 0 unspecified atom stereocenters. The average molecular weight is 317 g/mol. The van der Waals surface area contributed by atoms with Crippen LogP contribution >= 0.6 is 11.6 Å². The lowest BCUT2D eigenvalue weighted by atomic mass is 9.85. The molecule has 1 heterocycles. The maximum absolute atomic E-state index is 12.5. The Balaban J connectivity index is 1.56. The molecule has 0 radical (unpaired) electrons. The molecule has 4 atom stereocenters. The van der Waals surface area contributed by atoms with E-state index < -0.39 is 5.91 Å². The molecule has 1 aromatic carbocycles. The van der Waals surface area contributed by atoms with Gasteiger partial charge in [0.05, 0.1) is 11.8 Å². The molecule has 22 heavy (non-hydrogen) atoms. The number of hydrazine groups is 1. The molecule has 1 saturated heterocycles. The van der Waals surface area contributed by atoms with Crippen molar-refractivity contribution >= 4 is 29.3 Å². The van der Waals surface area contributed by atoms with Gasteiger partial charge in [-0.25, -0.2) is 0 Å². The van der Waals surface area contributed by atoms with Gasteiger partial charge >= 0.3 is 0 Å². The standard InChI is InChI=1S/C16H13ClN2O3/c17-11-3-1-2-10(7-11)14(20)18-19-15(21)12-8-4-5-9(6-8)13(12)16(19)22/h1-5,7-9,12-13H,6H2,(H,18,20)/t8-,9-,12-,13+/m1/s1. The van der Waals surface area contributed by atoms with Crippen molar-refractivity contribution in [3.05, 3.63) is 47.0 Å². The number of fused-ring (bicyclic) bond motifs is 5. The van der Waals surface area contributed by atoms with E-state index in [9.17, 15) is 14.4 Å². The SMILES string of the molecule is O=C(NN1C(=O)[C@@H]2[C@H](C1=O)[C@@H]1C=C[C@@H]2C1)c1cccc(Cl)c1. The van der Waals surface area contributed by atoms with Crippen LogP contribution in [0.5, 0.6) is 0 Å². The van der Waals surface area contributed by atoms with Crippen molar-refractivity contribution in [1.82, 2.24) is 10.4 Å². The topological polar surface area (TPSA) is 66.5 Å². The van der Waals surface area contributed by atoms with E-state index in [4.69, 9.17) is 11.6 Å². The van der Waals surface area contributed by atoms with Crippen LogP contribution in [0.4, 0.5) is 0 Å². The third-order valence-electron chi connectivity index (χ3n) is 4.77. The van der Waals surface area contributed by atoms with Gasteiger partial charge in [-0.2, -0.15) is 5.01 Å². The smallest absolute Gasteiger partial charge is 0.270 e. The van der Waals surface area contributed by atoms with Crippen LogP contribution < -0.4 is 5.43 Å². The third kappa shape index (κ3) is 1.82. The third-order valence-corrected chi connectivity index (χ3v) is 5.01. The summed E-state index contributed by atoms with van der Waals surface area (Å²) in [5, 5.41) is 1.32. The van der Waals surface area contributed by atoms with Gasteiger partial charge in [0.1, 0.15) is 0 Å². The molecule has 2 fully saturated rings. The van der Waals surface area contributed by atoms with Crippen LogP contribution in [0, 0.1) is 23.7 Å². The number of nitrogens with zero attached hydrogens (tertiary/aromatic N) is 1. The molecule has 4 rings (SSSR count). The molecule has 1 N–H and O–H groups in total. The van der Waals surface area contributed by atoms with Crippen molar-refractivity contribution in [3.8, 4) is 0 Å². The summed E-state index contributed by atoms with van der Waals surface area (Å²) in [4.78, 5) is 37.1. The normalized spacial score (nSPS) is 31.8. The van der Waals surface area contributed by atoms with Crippen molar-refractivity contribution in [2.24, 2.45) is 23.7 Å². The van der Waals surface area contributed by atoms with Crippen LogP contribution in [0.1, 0.15) is 16.8 Å². The summed E-state index contributed by atoms with van der Waals surface area (Å²) >= 11 is 5.85. The van der Waals surface area contributed by atoms with Gasteiger partial charge in [0.15, 0.2) is 0 Å². The van der Waals surface area contributed by atoms with Crippen molar-refractivity contribution in [2.75, 3.05) is 0 Å². The highest BCUT2D eigenvalue weighted by molar-refractivity contribution is 6.31. The average Bonchev–Trinajstić information content (AvgIpc) is 3.17. The molecule has 6 heteroatoms. The number of carbonyl (C=O) groups excluding carboxylic acids is 3. The summed E-state index contributed by atoms with van der Waals surface area (Å²) in [5.74, 6) is -1.50. The van der Waals surface area contributed by atoms with Crippen LogP contribution in [-0.4, -0.2) is 22.7 Å². The summed E-state index contributed by atoms with van der Waals surface area (Å²) in [7, 11) is 0. The molecule has 0 spiro atoms. The van der Waals surface area contributed by atoms with Crippen molar-refractivity contribution in [1.29, 1.82) is 0 Å². The molecule has 3 aliphatic rings.